The van der Waals surface area contributed by atoms with Crippen LogP contribution in [0.1, 0.15) is 49.1 Å². The molecule has 9 nitrogen and oxygen atoms in total. The molecule has 14 heteroatoms. The van der Waals surface area contributed by atoms with E-state index < -0.39 is 18.2 Å². The molecule has 1 aliphatic heterocycles. The molecule has 0 radical (unpaired) electrons. The Morgan fingerprint density at radius 1 is 1.10 bits per heavy atom. The van der Waals surface area contributed by atoms with Crippen LogP contribution in [-0.2, 0) is 13.1 Å². The van der Waals surface area contributed by atoms with E-state index in [4.69, 9.17) is 27.9 Å². The minimum absolute atomic E-state index is 0.128. The number of anilines is 1. The van der Waals surface area contributed by atoms with Gasteiger partial charge in [-0.3, -0.25) is 19.9 Å². The summed E-state index contributed by atoms with van der Waals surface area (Å²) in [6, 6.07) is 5.34. The lowest BCUT2D eigenvalue weighted by atomic mass is 9.99. The van der Waals surface area contributed by atoms with Crippen molar-refractivity contribution < 1.29 is 23.1 Å². The lowest BCUT2D eigenvalue weighted by Crippen LogP contribution is -2.26. The highest BCUT2D eigenvalue weighted by atomic mass is 35.5. The lowest BCUT2D eigenvalue weighted by molar-refractivity contribution is 0.0744. The topological polar surface area (TPSA) is 110 Å². The molecule has 0 saturated carbocycles. The minimum atomic E-state index is -2.79. The van der Waals surface area contributed by atoms with Gasteiger partial charge in [0, 0.05) is 22.9 Å². The Hall–Kier alpha value is -3.74. The summed E-state index contributed by atoms with van der Waals surface area (Å²) in [6.45, 7) is 2.02. The first-order chi connectivity index (χ1) is 18.6. The van der Waals surface area contributed by atoms with E-state index in [9.17, 15) is 18.4 Å². The average molecular weight is 591 g/mol. The van der Waals surface area contributed by atoms with Crippen LogP contribution >= 0.6 is 34.5 Å². The molecule has 1 N–H and O–H groups in total. The number of nitrogens with one attached hydrogen (secondary N) is 1. The Morgan fingerprint density at radius 2 is 1.90 bits per heavy atom. The van der Waals surface area contributed by atoms with Crippen molar-refractivity contribution in [3.8, 4) is 16.9 Å². The molecule has 5 heterocycles. The summed E-state index contributed by atoms with van der Waals surface area (Å²) in [4.78, 5) is 45.1. The highest BCUT2D eigenvalue weighted by Crippen LogP contribution is 2.36. The zero-order chi connectivity index (χ0) is 27.8. The number of hydrogen-bond acceptors (Lipinski definition) is 8. The zero-order valence-electron chi connectivity index (χ0n) is 20.3. The third kappa shape index (κ3) is 5.40. The summed E-state index contributed by atoms with van der Waals surface area (Å²) >= 11 is 13.1. The van der Waals surface area contributed by atoms with Crippen molar-refractivity contribution in [2.45, 2.75) is 26.4 Å². The number of aromatic nitrogens is 4. The van der Waals surface area contributed by atoms with Crippen LogP contribution < -0.4 is 10.1 Å². The summed E-state index contributed by atoms with van der Waals surface area (Å²) in [6.07, 6.45) is 0.268. The van der Waals surface area contributed by atoms with E-state index in [-0.39, 0.29) is 34.7 Å². The van der Waals surface area contributed by atoms with Crippen LogP contribution in [0.2, 0.25) is 10.3 Å². The molecule has 0 unspecified atom stereocenters. The summed E-state index contributed by atoms with van der Waals surface area (Å²) in [7, 11) is 1.49. The maximum absolute atomic E-state index is 13.4. The van der Waals surface area contributed by atoms with Gasteiger partial charge in [0.1, 0.15) is 21.7 Å². The number of halogens is 4. The molecule has 0 aromatic carbocycles. The number of ether oxygens (including phenoxy) is 1. The number of hydrogen-bond donors (Lipinski definition) is 1. The number of nitrogens with zero attached hydrogens (tertiary/aromatic N) is 5. The Labute approximate surface area is 234 Å². The molecule has 5 rings (SSSR count). The van der Waals surface area contributed by atoms with Gasteiger partial charge in [-0.1, -0.05) is 34.5 Å². The molecule has 4 aromatic rings. The van der Waals surface area contributed by atoms with Crippen molar-refractivity contribution in [3.05, 3.63) is 80.1 Å². The number of aryl methyl sites for hydroxylation is 1. The van der Waals surface area contributed by atoms with E-state index in [0.29, 0.717) is 39.0 Å². The van der Waals surface area contributed by atoms with Crippen molar-refractivity contribution in [1.29, 1.82) is 0 Å². The van der Waals surface area contributed by atoms with E-state index in [1.807, 2.05) is 0 Å². The SMILES string of the molecule is COc1cnc(Cl)cc1-c1ccnc(C)c1C(=O)Nc1nc2c(s1)CN(C(=O)c1cc(C(F)F)cc(Cl)n1)C2. The number of thiazole rings is 1. The lowest BCUT2D eigenvalue weighted by Gasteiger charge is -2.16. The number of fused-ring (bicyclic) bond motifs is 1. The first kappa shape index (κ1) is 26.9. The molecule has 4 aromatic heterocycles. The first-order valence-corrected chi connectivity index (χ1v) is 12.9. The van der Waals surface area contributed by atoms with Crippen molar-refractivity contribution in [2.75, 3.05) is 12.4 Å². The second-order valence-electron chi connectivity index (χ2n) is 8.44. The summed E-state index contributed by atoms with van der Waals surface area (Å²) < 4.78 is 31.7. The monoisotopic (exact) mass is 590 g/mol. The van der Waals surface area contributed by atoms with Gasteiger partial charge in [-0.05, 0) is 31.2 Å². The van der Waals surface area contributed by atoms with Gasteiger partial charge in [-0.15, -0.1) is 0 Å². The maximum atomic E-state index is 13.4. The molecule has 39 heavy (non-hydrogen) atoms. The summed E-state index contributed by atoms with van der Waals surface area (Å²) in [5.41, 5.74) is 1.96. The minimum Gasteiger partial charge on any atom is -0.494 e. The predicted molar refractivity (Wildman–Crippen MR) is 142 cm³/mol. The van der Waals surface area contributed by atoms with Crippen LogP contribution in [0, 0.1) is 6.92 Å². The summed E-state index contributed by atoms with van der Waals surface area (Å²) in [5, 5.41) is 3.20. The Morgan fingerprint density at radius 3 is 2.62 bits per heavy atom. The van der Waals surface area contributed by atoms with E-state index in [2.05, 4.69) is 25.3 Å². The Kier molecular flexibility index (Phi) is 7.43. The number of methoxy groups -OCH3 is 1. The molecule has 1 aliphatic rings. The Balaban J connectivity index is 1.35. The molecule has 0 spiro atoms. The van der Waals surface area contributed by atoms with Crippen LogP contribution in [-0.4, -0.2) is 43.8 Å². The van der Waals surface area contributed by atoms with Gasteiger partial charge in [0.2, 0.25) is 0 Å². The van der Waals surface area contributed by atoms with Gasteiger partial charge in [-0.25, -0.2) is 23.7 Å². The second kappa shape index (κ2) is 10.8. The number of alkyl halides is 2. The molecule has 0 fully saturated rings. The summed E-state index contributed by atoms with van der Waals surface area (Å²) in [5.74, 6) is -0.545. The fourth-order valence-corrected chi connectivity index (χ4v) is 5.54. The van der Waals surface area contributed by atoms with Gasteiger partial charge >= 0.3 is 0 Å². The Bertz CT molecular complexity index is 1590. The molecule has 0 bridgehead atoms. The quantitative estimate of drug-likeness (QED) is 0.276. The van der Waals surface area contributed by atoms with Gasteiger partial charge < -0.3 is 9.64 Å². The van der Waals surface area contributed by atoms with Gasteiger partial charge in [0.25, 0.3) is 18.2 Å². The number of amides is 2. The molecular weight excluding hydrogens is 573 g/mol. The van der Waals surface area contributed by atoms with Crippen LogP contribution in [0.5, 0.6) is 5.75 Å². The van der Waals surface area contributed by atoms with Gasteiger partial charge in [-0.2, -0.15) is 0 Å². The van der Waals surface area contributed by atoms with Crippen LogP contribution in [0.3, 0.4) is 0 Å². The number of rotatable bonds is 6. The van der Waals surface area contributed by atoms with E-state index in [1.165, 1.54) is 29.5 Å². The second-order valence-corrected chi connectivity index (χ2v) is 10.3. The van der Waals surface area contributed by atoms with Crippen LogP contribution in [0.15, 0.2) is 36.7 Å². The molecule has 2 amide bonds. The van der Waals surface area contributed by atoms with Crippen LogP contribution in [0.25, 0.3) is 11.1 Å². The highest BCUT2D eigenvalue weighted by molar-refractivity contribution is 7.16. The van der Waals surface area contributed by atoms with Crippen molar-refractivity contribution in [2.24, 2.45) is 0 Å². The third-order valence-corrected chi connectivity index (χ3v) is 7.36. The normalized spacial score (nSPS) is 12.5. The molecule has 0 atom stereocenters. The number of carbonyl (C=O) groups excluding carboxylic acids is 2. The average Bonchev–Trinajstić information content (AvgIpc) is 3.46. The fraction of sp³-hybridized carbons (Fsp3) is 0.200. The maximum Gasteiger partial charge on any atom is 0.273 e. The van der Waals surface area contributed by atoms with E-state index in [0.717, 1.165) is 17.0 Å². The molecule has 0 saturated heterocycles. The predicted octanol–water partition coefficient (Wildman–Crippen LogP) is 5.96. The first-order valence-electron chi connectivity index (χ1n) is 11.3. The van der Waals surface area contributed by atoms with Crippen molar-refractivity contribution in [1.82, 2.24) is 24.8 Å². The molecule has 200 valence electrons. The van der Waals surface area contributed by atoms with Gasteiger partial charge in [0.15, 0.2) is 5.13 Å². The number of pyridine rings is 3. The van der Waals surface area contributed by atoms with Crippen LogP contribution in [0.4, 0.5) is 13.9 Å². The standard InChI is InChI=1S/C25H18Cl2F2N6O3S/c1-11-21(13(3-4-30-11)14-7-19(26)31-8-17(14)38-2)23(36)34-25-33-16-9-35(10-18(16)39-25)24(37)15-5-12(22(28)29)6-20(27)32-15/h3-8,22H,9-10H2,1-2H3,(H,33,34,36). The number of carbonyl (C=O) groups is 2. The third-order valence-electron chi connectivity index (χ3n) is 5.96. The smallest absolute Gasteiger partial charge is 0.273 e. The van der Waals surface area contributed by atoms with Crippen molar-refractivity contribution in [3.63, 3.8) is 0 Å². The molecule has 0 aliphatic carbocycles. The van der Waals surface area contributed by atoms with Crippen molar-refractivity contribution >= 4 is 51.5 Å². The van der Waals surface area contributed by atoms with E-state index in [1.54, 1.807) is 25.3 Å². The largest absolute Gasteiger partial charge is 0.494 e. The van der Waals surface area contributed by atoms with Gasteiger partial charge in [0.05, 0.1) is 48.2 Å². The zero-order valence-corrected chi connectivity index (χ0v) is 22.7. The van der Waals surface area contributed by atoms with E-state index >= 15 is 0 Å². The fourth-order valence-electron chi connectivity index (χ4n) is 4.18. The molecular formula is C25H18Cl2F2N6O3S. The highest BCUT2D eigenvalue weighted by Gasteiger charge is 2.30.